The van der Waals surface area contributed by atoms with Gasteiger partial charge in [-0.1, -0.05) is 55.5 Å². The molecular weight excluding hydrogens is 400 g/mol. The topological polar surface area (TPSA) is 38.1 Å². The summed E-state index contributed by atoms with van der Waals surface area (Å²) in [6, 6.07) is 25.5. The normalized spacial score (nSPS) is 11.6. The molecule has 0 aliphatic heterocycles. The molecule has 0 fully saturated rings. The van der Waals surface area contributed by atoms with Crippen molar-refractivity contribution in [3.63, 3.8) is 0 Å². The first-order chi connectivity index (χ1) is 14.9. The summed E-state index contributed by atoms with van der Waals surface area (Å²) in [4.78, 5) is 6.10. The van der Waals surface area contributed by atoms with Gasteiger partial charge in [0.2, 0.25) is 0 Å². The van der Waals surface area contributed by atoms with Gasteiger partial charge < -0.3 is 5.11 Å². The molecule has 4 heteroatoms. The number of hydrogen-bond acceptors (Lipinski definition) is 3. The van der Waals surface area contributed by atoms with Gasteiger partial charge in [-0.25, -0.2) is 4.98 Å². The second kappa shape index (κ2) is 8.74. The summed E-state index contributed by atoms with van der Waals surface area (Å²) < 4.78 is 2.09. The quantitative estimate of drug-likeness (QED) is 0.347. The third kappa shape index (κ3) is 4.46. The molecule has 1 aromatic heterocycles. The molecule has 0 saturated carbocycles. The summed E-state index contributed by atoms with van der Waals surface area (Å²) in [6.45, 7) is 5.70. The van der Waals surface area contributed by atoms with Gasteiger partial charge in [-0.15, -0.1) is 11.8 Å². The van der Waals surface area contributed by atoms with Crippen LogP contribution in [0.15, 0.2) is 83.9 Å². The number of nitrogens with zero attached hydrogens (tertiary/aromatic N) is 2. The Balaban J connectivity index is 1.81. The summed E-state index contributed by atoms with van der Waals surface area (Å²) in [5.41, 5.74) is 5.38. The van der Waals surface area contributed by atoms with Gasteiger partial charge in [0.25, 0.3) is 0 Å². The zero-order valence-corrected chi connectivity index (χ0v) is 19.3. The molecule has 0 aliphatic rings. The predicted octanol–water partition coefficient (Wildman–Crippen LogP) is 6.72. The molecule has 0 saturated heterocycles. The minimum Gasteiger partial charge on any atom is -0.384 e. The highest BCUT2D eigenvalue weighted by molar-refractivity contribution is 7.98. The van der Waals surface area contributed by atoms with E-state index in [1.165, 1.54) is 21.6 Å². The predicted molar refractivity (Wildman–Crippen MR) is 131 cm³/mol. The Labute approximate surface area is 188 Å². The molecule has 1 heterocycles. The minimum atomic E-state index is -1.01. The molecule has 0 amide bonds. The van der Waals surface area contributed by atoms with E-state index in [4.69, 9.17) is 4.98 Å². The molecule has 31 heavy (non-hydrogen) atoms. The highest BCUT2D eigenvalue weighted by Crippen LogP contribution is 2.31. The van der Waals surface area contributed by atoms with Crippen molar-refractivity contribution in [3.05, 3.63) is 90.3 Å². The van der Waals surface area contributed by atoms with Gasteiger partial charge in [0.15, 0.2) is 0 Å². The van der Waals surface area contributed by atoms with E-state index in [9.17, 15) is 5.11 Å². The highest BCUT2D eigenvalue weighted by atomic mass is 32.2. The van der Waals surface area contributed by atoms with Gasteiger partial charge in [0, 0.05) is 22.3 Å². The Bertz CT molecular complexity index is 1190. The third-order valence-electron chi connectivity index (χ3n) is 5.52. The second-order valence-electron chi connectivity index (χ2n) is 8.17. The van der Waals surface area contributed by atoms with Gasteiger partial charge >= 0.3 is 0 Å². The summed E-state index contributed by atoms with van der Waals surface area (Å²) in [5, 5.41) is 10.6. The fraction of sp³-hybridized carbons (Fsp3) is 0.222. The molecule has 158 valence electrons. The van der Waals surface area contributed by atoms with Crippen LogP contribution in [0.5, 0.6) is 0 Å². The van der Waals surface area contributed by atoms with Crippen molar-refractivity contribution in [2.45, 2.75) is 37.7 Å². The molecule has 0 spiro atoms. The molecule has 3 aromatic carbocycles. The largest absolute Gasteiger partial charge is 0.384 e. The van der Waals surface area contributed by atoms with Crippen molar-refractivity contribution in [2.75, 3.05) is 6.26 Å². The summed E-state index contributed by atoms with van der Waals surface area (Å²) in [5.74, 6) is 0.853. The fourth-order valence-corrected chi connectivity index (χ4v) is 4.19. The van der Waals surface area contributed by atoms with Crippen molar-refractivity contribution in [3.8, 4) is 28.2 Å². The van der Waals surface area contributed by atoms with Crippen molar-refractivity contribution in [1.29, 1.82) is 0 Å². The van der Waals surface area contributed by atoms with Crippen LogP contribution in [0, 0.1) is 0 Å². The van der Waals surface area contributed by atoms with Gasteiger partial charge in [-0.3, -0.25) is 4.57 Å². The fourth-order valence-electron chi connectivity index (χ4n) is 3.73. The van der Waals surface area contributed by atoms with E-state index in [1.807, 2.05) is 12.3 Å². The third-order valence-corrected chi connectivity index (χ3v) is 6.25. The Morgan fingerprint density at radius 3 is 2.35 bits per heavy atom. The Morgan fingerprint density at radius 2 is 1.68 bits per heavy atom. The van der Waals surface area contributed by atoms with Crippen LogP contribution >= 0.6 is 11.8 Å². The average molecular weight is 429 g/mol. The van der Waals surface area contributed by atoms with E-state index in [0.717, 1.165) is 23.5 Å². The van der Waals surface area contributed by atoms with Crippen molar-refractivity contribution in [1.82, 2.24) is 9.55 Å². The molecule has 0 bridgehead atoms. The van der Waals surface area contributed by atoms with Gasteiger partial charge in [-0.2, -0.15) is 0 Å². The number of aliphatic hydroxyl groups is 1. The van der Waals surface area contributed by atoms with Crippen LogP contribution in [-0.2, 0) is 12.0 Å². The van der Waals surface area contributed by atoms with Gasteiger partial charge in [-0.05, 0) is 67.5 Å². The molecular formula is C27H28N2OS. The van der Waals surface area contributed by atoms with Crippen LogP contribution in [0.25, 0.3) is 28.2 Å². The number of benzene rings is 3. The maximum absolute atomic E-state index is 10.6. The van der Waals surface area contributed by atoms with E-state index in [-0.39, 0.29) is 0 Å². The summed E-state index contributed by atoms with van der Waals surface area (Å²) in [7, 11) is 0. The van der Waals surface area contributed by atoms with E-state index in [1.54, 1.807) is 25.6 Å². The molecule has 0 radical (unpaired) electrons. The first-order valence-corrected chi connectivity index (χ1v) is 11.8. The number of aryl methyl sites for hydroxylation is 1. The standard InChI is InChI=1S/C27H28N2OS/c1-5-19-9-6-7-12-24(19)26-28-25(27(2,3)30)18-29(26)22-15-13-20(14-16-22)21-10-8-11-23(17-21)31-4/h6-18,30H,5H2,1-4H3. The lowest BCUT2D eigenvalue weighted by molar-refractivity contribution is 0.0743. The van der Waals surface area contributed by atoms with Crippen LogP contribution in [0.4, 0.5) is 0 Å². The maximum Gasteiger partial charge on any atom is 0.145 e. The number of imidazole rings is 1. The first-order valence-electron chi connectivity index (χ1n) is 10.6. The Morgan fingerprint density at radius 1 is 0.935 bits per heavy atom. The van der Waals surface area contributed by atoms with E-state index in [0.29, 0.717) is 5.69 Å². The van der Waals surface area contributed by atoms with Gasteiger partial charge in [0.05, 0.1) is 5.69 Å². The van der Waals surface area contributed by atoms with Crippen molar-refractivity contribution < 1.29 is 5.11 Å². The highest BCUT2D eigenvalue weighted by Gasteiger charge is 2.23. The number of aromatic nitrogens is 2. The Kier molecular flexibility index (Phi) is 6.03. The molecule has 4 aromatic rings. The number of hydrogen-bond donors (Lipinski definition) is 1. The molecule has 1 N–H and O–H groups in total. The summed E-state index contributed by atoms with van der Waals surface area (Å²) >= 11 is 1.75. The van der Waals surface area contributed by atoms with Crippen LogP contribution in [-0.4, -0.2) is 20.9 Å². The van der Waals surface area contributed by atoms with E-state index < -0.39 is 5.60 Å². The number of thioether (sulfide) groups is 1. The van der Waals surface area contributed by atoms with Crippen molar-refractivity contribution in [2.24, 2.45) is 0 Å². The SMILES string of the molecule is CCc1ccccc1-c1nc(C(C)(C)O)cn1-c1ccc(-c2cccc(SC)c2)cc1. The first kappa shape index (κ1) is 21.4. The average Bonchev–Trinajstić information content (AvgIpc) is 3.25. The summed E-state index contributed by atoms with van der Waals surface area (Å²) in [6.07, 6.45) is 4.97. The van der Waals surface area contributed by atoms with Gasteiger partial charge in [0.1, 0.15) is 11.4 Å². The molecule has 0 aliphatic carbocycles. The Hall–Kier alpha value is -2.82. The van der Waals surface area contributed by atoms with E-state index >= 15 is 0 Å². The molecule has 4 rings (SSSR count). The number of rotatable bonds is 6. The molecule has 3 nitrogen and oxygen atoms in total. The molecule has 0 atom stereocenters. The maximum atomic E-state index is 10.6. The lowest BCUT2D eigenvalue weighted by Gasteiger charge is -2.13. The zero-order chi connectivity index (χ0) is 22.0. The van der Waals surface area contributed by atoms with Crippen LogP contribution < -0.4 is 0 Å². The smallest absolute Gasteiger partial charge is 0.145 e. The van der Waals surface area contributed by atoms with Crippen LogP contribution in [0.3, 0.4) is 0 Å². The second-order valence-corrected chi connectivity index (χ2v) is 9.05. The van der Waals surface area contributed by atoms with Crippen LogP contribution in [0.2, 0.25) is 0 Å². The lowest BCUT2D eigenvalue weighted by atomic mass is 10.0. The zero-order valence-electron chi connectivity index (χ0n) is 18.5. The van der Waals surface area contributed by atoms with E-state index in [2.05, 4.69) is 84.5 Å². The lowest BCUT2D eigenvalue weighted by Crippen LogP contribution is -2.15. The monoisotopic (exact) mass is 428 g/mol. The molecule has 0 unspecified atom stereocenters. The van der Waals surface area contributed by atoms with Crippen molar-refractivity contribution >= 4 is 11.8 Å². The minimum absolute atomic E-state index is 0.658. The van der Waals surface area contributed by atoms with Crippen LogP contribution in [0.1, 0.15) is 32.0 Å².